The van der Waals surface area contributed by atoms with Crippen molar-refractivity contribution < 1.29 is 9.53 Å². The van der Waals surface area contributed by atoms with Crippen molar-refractivity contribution in [3.63, 3.8) is 0 Å². The monoisotopic (exact) mass is 451 g/mol. The van der Waals surface area contributed by atoms with Crippen molar-refractivity contribution >= 4 is 11.6 Å². The summed E-state index contributed by atoms with van der Waals surface area (Å²) in [5, 5.41) is 19.8. The Kier molecular flexibility index (Phi) is 5.57. The van der Waals surface area contributed by atoms with Crippen molar-refractivity contribution in [1.29, 1.82) is 0 Å². The van der Waals surface area contributed by atoms with Crippen LogP contribution in [-0.4, -0.2) is 35.7 Å². The van der Waals surface area contributed by atoms with E-state index in [1.165, 1.54) is 0 Å². The lowest BCUT2D eigenvalue weighted by Crippen LogP contribution is -2.13. The number of carbonyl (C=O) groups excluding carboxylic acids is 1. The zero-order valence-electron chi connectivity index (χ0n) is 18.6. The van der Waals surface area contributed by atoms with E-state index in [9.17, 15) is 4.79 Å². The van der Waals surface area contributed by atoms with Crippen molar-refractivity contribution in [2.24, 2.45) is 0 Å². The van der Waals surface area contributed by atoms with Crippen molar-refractivity contribution in [2.45, 2.75) is 13.8 Å². The van der Waals surface area contributed by atoms with Crippen LogP contribution in [0.1, 0.15) is 21.7 Å². The maximum atomic E-state index is 12.8. The number of aromatic nitrogens is 6. The van der Waals surface area contributed by atoms with Gasteiger partial charge >= 0.3 is 0 Å². The molecule has 0 saturated carbocycles. The molecule has 0 fully saturated rings. The molecule has 0 atom stereocenters. The van der Waals surface area contributed by atoms with Gasteiger partial charge in [0.15, 0.2) is 5.82 Å². The fourth-order valence-electron chi connectivity index (χ4n) is 3.42. The van der Waals surface area contributed by atoms with Gasteiger partial charge in [0, 0.05) is 18.0 Å². The smallest absolute Gasteiger partial charge is 0.259 e. The van der Waals surface area contributed by atoms with Gasteiger partial charge in [0.05, 0.1) is 28.8 Å². The first kappa shape index (κ1) is 21.1. The van der Waals surface area contributed by atoms with Crippen LogP contribution in [0.4, 0.5) is 5.69 Å². The highest BCUT2D eigenvalue weighted by Crippen LogP contribution is 2.22. The molecule has 0 radical (unpaired) electrons. The Labute approximate surface area is 195 Å². The van der Waals surface area contributed by atoms with Gasteiger partial charge in [0.1, 0.15) is 5.75 Å². The van der Waals surface area contributed by atoms with E-state index in [4.69, 9.17) is 4.74 Å². The van der Waals surface area contributed by atoms with Crippen LogP contribution in [0.3, 0.4) is 0 Å². The van der Waals surface area contributed by atoms with E-state index in [1.54, 1.807) is 52.0 Å². The third-order valence-electron chi connectivity index (χ3n) is 5.17. The maximum absolute atomic E-state index is 12.8. The van der Waals surface area contributed by atoms with Gasteiger partial charge in [-0.15, -0.1) is 10.2 Å². The first-order valence-corrected chi connectivity index (χ1v) is 10.6. The summed E-state index contributed by atoms with van der Waals surface area (Å²) in [6.07, 6.45) is 3.39. The topological polar surface area (TPSA) is 99.8 Å². The first-order valence-electron chi connectivity index (χ1n) is 10.6. The van der Waals surface area contributed by atoms with E-state index in [0.29, 0.717) is 28.7 Å². The summed E-state index contributed by atoms with van der Waals surface area (Å²) in [4.78, 5) is 12.8. The van der Waals surface area contributed by atoms with Gasteiger partial charge in [0.2, 0.25) is 5.88 Å². The number of nitrogens with one attached hydrogen (secondary N) is 1. The average Bonchev–Trinajstić information content (AvgIpc) is 3.47. The number of para-hydroxylation sites is 1. The molecule has 9 nitrogen and oxygen atoms in total. The van der Waals surface area contributed by atoms with E-state index in [2.05, 4.69) is 25.7 Å². The lowest BCUT2D eigenvalue weighted by atomic mass is 10.2. The van der Waals surface area contributed by atoms with Gasteiger partial charge in [-0.1, -0.05) is 18.2 Å². The van der Waals surface area contributed by atoms with Crippen molar-refractivity contribution in [1.82, 2.24) is 29.8 Å². The third kappa shape index (κ3) is 4.40. The van der Waals surface area contributed by atoms with Crippen LogP contribution in [0.5, 0.6) is 11.6 Å². The van der Waals surface area contributed by atoms with E-state index < -0.39 is 0 Å². The molecule has 5 aromatic rings. The number of benzene rings is 2. The molecule has 168 valence electrons. The first-order chi connectivity index (χ1) is 16.6. The van der Waals surface area contributed by atoms with Crippen LogP contribution in [0.2, 0.25) is 0 Å². The van der Waals surface area contributed by atoms with E-state index in [0.717, 1.165) is 17.1 Å². The molecule has 2 aromatic carbocycles. The molecule has 1 amide bonds. The molecule has 1 N–H and O–H groups in total. The number of hydrogen-bond acceptors (Lipinski definition) is 6. The Morgan fingerprint density at radius 3 is 2.38 bits per heavy atom. The molecular formula is C25H21N7O2. The number of carbonyl (C=O) groups is 1. The lowest BCUT2D eigenvalue weighted by molar-refractivity contribution is 0.102. The van der Waals surface area contributed by atoms with Crippen LogP contribution < -0.4 is 10.1 Å². The number of nitrogens with zero attached hydrogens (tertiary/aromatic N) is 6. The summed E-state index contributed by atoms with van der Waals surface area (Å²) in [6, 6.07) is 22.1. The van der Waals surface area contributed by atoms with E-state index in [-0.39, 0.29) is 5.91 Å². The maximum Gasteiger partial charge on any atom is 0.259 e. The summed E-state index contributed by atoms with van der Waals surface area (Å²) in [6.45, 7) is 3.78. The summed E-state index contributed by atoms with van der Waals surface area (Å²) >= 11 is 0. The minimum Gasteiger partial charge on any atom is -0.438 e. The highest BCUT2D eigenvalue weighted by atomic mass is 16.5. The van der Waals surface area contributed by atoms with Gasteiger partial charge in [-0.05, 0) is 62.4 Å². The van der Waals surface area contributed by atoms with Crippen LogP contribution >= 0.6 is 0 Å². The third-order valence-corrected chi connectivity index (χ3v) is 5.17. The highest BCUT2D eigenvalue weighted by Gasteiger charge is 2.15. The van der Waals surface area contributed by atoms with Gasteiger partial charge in [0.25, 0.3) is 5.91 Å². The van der Waals surface area contributed by atoms with Gasteiger partial charge < -0.3 is 10.1 Å². The summed E-state index contributed by atoms with van der Waals surface area (Å²) in [5.74, 6) is 1.30. The minimum absolute atomic E-state index is 0.233. The predicted molar refractivity (Wildman–Crippen MR) is 127 cm³/mol. The summed E-state index contributed by atoms with van der Waals surface area (Å²) in [5.41, 5.74) is 3.70. The SMILES string of the molecule is Cc1ccn(-c2ccc(Oc3ccc(NC(=O)c4cnn(-c5ccccc5)c4C)cc3)nn2)n1. The number of amides is 1. The van der Waals surface area contributed by atoms with Crippen molar-refractivity contribution in [2.75, 3.05) is 5.32 Å². The zero-order valence-corrected chi connectivity index (χ0v) is 18.6. The largest absolute Gasteiger partial charge is 0.438 e. The average molecular weight is 451 g/mol. The Morgan fingerprint density at radius 1 is 0.912 bits per heavy atom. The molecule has 3 heterocycles. The fourth-order valence-corrected chi connectivity index (χ4v) is 3.42. The van der Waals surface area contributed by atoms with E-state index in [1.807, 2.05) is 56.4 Å². The van der Waals surface area contributed by atoms with Gasteiger partial charge in [-0.2, -0.15) is 10.2 Å². The van der Waals surface area contributed by atoms with Crippen LogP contribution in [0, 0.1) is 13.8 Å². The van der Waals surface area contributed by atoms with Gasteiger partial charge in [-0.3, -0.25) is 4.79 Å². The van der Waals surface area contributed by atoms with Crippen LogP contribution in [0.15, 0.2) is 85.2 Å². The molecule has 9 heteroatoms. The second kappa shape index (κ2) is 8.99. The number of rotatable bonds is 6. The Hall–Kier alpha value is -4.79. The molecule has 0 unspecified atom stereocenters. The Balaban J connectivity index is 1.23. The number of aryl methyl sites for hydroxylation is 1. The Bertz CT molecular complexity index is 1420. The number of hydrogen-bond donors (Lipinski definition) is 1. The highest BCUT2D eigenvalue weighted by molar-refractivity contribution is 6.05. The quantitative estimate of drug-likeness (QED) is 0.408. The second-order valence-electron chi connectivity index (χ2n) is 7.60. The Morgan fingerprint density at radius 2 is 1.71 bits per heavy atom. The molecule has 3 aromatic heterocycles. The van der Waals surface area contributed by atoms with E-state index >= 15 is 0 Å². The van der Waals surface area contributed by atoms with Crippen molar-refractivity contribution in [3.05, 3.63) is 102 Å². The van der Waals surface area contributed by atoms with Crippen molar-refractivity contribution in [3.8, 4) is 23.1 Å². The molecule has 5 rings (SSSR count). The lowest BCUT2D eigenvalue weighted by Gasteiger charge is -2.08. The normalized spacial score (nSPS) is 10.8. The number of ether oxygens (including phenoxy) is 1. The van der Waals surface area contributed by atoms with Crippen LogP contribution in [-0.2, 0) is 0 Å². The minimum atomic E-state index is -0.233. The summed E-state index contributed by atoms with van der Waals surface area (Å²) < 4.78 is 9.15. The molecule has 34 heavy (non-hydrogen) atoms. The van der Waals surface area contributed by atoms with Crippen LogP contribution in [0.25, 0.3) is 11.5 Å². The number of anilines is 1. The molecule has 0 bridgehead atoms. The second-order valence-corrected chi connectivity index (χ2v) is 7.60. The summed E-state index contributed by atoms with van der Waals surface area (Å²) in [7, 11) is 0. The van der Waals surface area contributed by atoms with Gasteiger partial charge in [-0.25, -0.2) is 9.36 Å². The molecular weight excluding hydrogens is 430 g/mol. The standard InChI is InChI=1S/C25H21N7O2/c1-17-14-15-31(30-17)23-12-13-24(29-28-23)34-21-10-8-19(9-11-21)27-25(33)22-16-26-32(18(22)2)20-6-4-3-5-7-20/h3-16H,1-2H3,(H,27,33). The molecule has 0 spiro atoms. The molecule has 0 aliphatic rings. The predicted octanol–water partition coefficient (Wildman–Crippen LogP) is 4.51. The molecule has 0 saturated heterocycles. The zero-order chi connectivity index (χ0) is 23.5. The molecule has 0 aliphatic heterocycles. The molecule has 0 aliphatic carbocycles. The fraction of sp³-hybridized carbons (Fsp3) is 0.0800.